The molecule has 0 unspecified atom stereocenters. The number of esters is 1. The van der Waals surface area contributed by atoms with E-state index in [1.54, 1.807) is 0 Å². The third-order valence-corrected chi connectivity index (χ3v) is 1.62. The highest BCUT2D eigenvalue weighted by Gasteiger charge is 2.31. The first-order valence-electron chi connectivity index (χ1n) is 3.63. The first-order chi connectivity index (χ1) is 5.29. The van der Waals surface area contributed by atoms with Crippen LogP contribution in [0.4, 0.5) is 0 Å². The summed E-state index contributed by atoms with van der Waals surface area (Å²) in [4.78, 5) is 10.9. The smallest absolute Gasteiger partial charge is 0.325 e. The molecular formula is C6H11NO3. The zero-order valence-corrected chi connectivity index (χ0v) is 5.79. The van der Waals surface area contributed by atoms with Gasteiger partial charge in [0.25, 0.3) is 0 Å². The van der Waals surface area contributed by atoms with E-state index in [-0.39, 0.29) is 12.1 Å². The summed E-state index contributed by atoms with van der Waals surface area (Å²) in [6.45, 7) is 0.698. The van der Waals surface area contributed by atoms with Crippen molar-refractivity contribution in [1.82, 2.24) is 5.32 Å². The second-order valence-corrected chi connectivity index (χ2v) is 2.28. The highest BCUT2D eigenvalue weighted by atomic mass is 16.5. The highest BCUT2D eigenvalue weighted by molar-refractivity contribution is 5.76. The number of carbonyl (C=O) groups excluding carboxylic acids is 1. The quantitative estimate of drug-likeness (QED) is 0.485. The van der Waals surface area contributed by atoms with Gasteiger partial charge in [0, 0.05) is 0 Å². The Kier molecular flexibility index (Phi) is 1.83. The van der Waals surface area contributed by atoms with Crippen molar-refractivity contribution in [2.24, 2.45) is 0 Å². The molecule has 0 aromatic carbocycles. The standard InChI is InChI=1S/C6H11NO3/c1-10-6(9)5-4(8)2-3-7-5/h4-5,7-8H,2-3H2,1H3/t4-,5+/m1/s1/i8D. The fraction of sp³-hybridized carbons (Fsp3) is 0.833. The lowest BCUT2D eigenvalue weighted by molar-refractivity contribution is -0.144. The summed E-state index contributed by atoms with van der Waals surface area (Å²) in [5.41, 5.74) is 0. The molecule has 0 saturated carbocycles. The molecule has 58 valence electrons. The van der Waals surface area contributed by atoms with E-state index in [2.05, 4.69) is 15.2 Å². The van der Waals surface area contributed by atoms with Crippen LogP contribution in [0.15, 0.2) is 0 Å². The van der Waals surface area contributed by atoms with Gasteiger partial charge in [-0.15, -0.1) is 0 Å². The highest BCUT2D eigenvalue weighted by Crippen LogP contribution is 2.07. The van der Waals surface area contributed by atoms with Gasteiger partial charge < -0.3 is 15.2 Å². The second kappa shape index (κ2) is 2.98. The minimum absolute atomic E-state index is 0.359. The Labute approximate surface area is 60.7 Å². The van der Waals surface area contributed by atoms with Crippen LogP contribution < -0.4 is 5.32 Å². The number of aliphatic hydroxyl groups is 1. The van der Waals surface area contributed by atoms with E-state index in [1.807, 2.05) is 0 Å². The van der Waals surface area contributed by atoms with Crippen molar-refractivity contribution in [1.29, 1.82) is 1.43 Å². The molecule has 1 aliphatic heterocycles. The minimum atomic E-state index is -0.461. The maximum atomic E-state index is 10.9. The molecule has 2 N–H and O–H groups in total. The molecule has 1 rings (SSSR count). The largest absolute Gasteiger partial charge is 0.468 e. The monoisotopic (exact) mass is 146 g/mol. The Bertz CT molecular complexity index is 153. The van der Waals surface area contributed by atoms with Crippen LogP contribution in [0, 0.1) is 0 Å². The van der Waals surface area contributed by atoms with E-state index in [9.17, 15) is 4.79 Å². The average molecular weight is 146 g/mol. The Morgan fingerprint density at radius 3 is 3.40 bits per heavy atom. The summed E-state index contributed by atoms with van der Waals surface area (Å²) >= 11 is 0. The summed E-state index contributed by atoms with van der Waals surface area (Å²) in [7, 11) is 1.32. The number of carbonyl (C=O) groups is 1. The Hall–Kier alpha value is -0.610. The van der Waals surface area contributed by atoms with Crippen molar-refractivity contribution in [3.8, 4) is 0 Å². The Morgan fingerprint density at radius 1 is 2.00 bits per heavy atom. The zero-order chi connectivity index (χ0) is 8.27. The van der Waals surface area contributed by atoms with Gasteiger partial charge in [-0.3, -0.25) is 4.79 Å². The first kappa shape index (κ1) is 6.12. The molecule has 0 bridgehead atoms. The van der Waals surface area contributed by atoms with Crippen molar-refractivity contribution < 1.29 is 14.6 Å². The predicted octanol–water partition coefficient (Wildman–Crippen LogP) is -1.12. The molecule has 1 fully saturated rings. The lowest BCUT2D eigenvalue weighted by atomic mass is 10.2. The molecule has 0 radical (unpaired) electrons. The molecule has 0 aliphatic carbocycles. The molecular weight excluding hydrogens is 134 g/mol. The lowest BCUT2D eigenvalue weighted by Crippen LogP contribution is -2.39. The van der Waals surface area contributed by atoms with Crippen LogP contribution in [-0.2, 0) is 9.53 Å². The molecule has 0 aromatic rings. The van der Waals surface area contributed by atoms with E-state index in [0.717, 1.165) is 0 Å². The topological polar surface area (TPSA) is 58.6 Å². The third-order valence-electron chi connectivity index (χ3n) is 1.62. The van der Waals surface area contributed by atoms with Crippen molar-refractivity contribution in [3.05, 3.63) is 0 Å². The molecule has 1 heterocycles. The number of methoxy groups -OCH3 is 1. The van der Waals surface area contributed by atoms with Crippen LogP contribution in [0.2, 0.25) is 0 Å². The molecule has 4 heteroatoms. The lowest BCUT2D eigenvalue weighted by Gasteiger charge is -2.10. The molecule has 2 atom stereocenters. The second-order valence-electron chi connectivity index (χ2n) is 2.28. The molecule has 10 heavy (non-hydrogen) atoms. The van der Waals surface area contributed by atoms with E-state index < -0.39 is 6.04 Å². The van der Waals surface area contributed by atoms with Crippen LogP contribution >= 0.6 is 0 Å². The predicted molar refractivity (Wildman–Crippen MR) is 34.4 cm³/mol. The van der Waals surface area contributed by atoms with Gasteiger partial charge in [0.2, 0.25) is 1.43 Å². The fourth-order valence-corrected chi connectivity index (χ4v) is 1.04. The van der Waals surface area contributed by atoms with Crippen LogP contribution in [0.5, 0.6) is 0 Å². The van der Waals surface area contributed by atoms with E-state index in [4.69, 9.17) is 1.43 Å². The van der Waals surface area contributed by atoms with Gasteiger partial charge in [0.1, 0.15) is 6.04 Å². The SMILES string of the molecule is [2H]O[C@@H]1CCN[C@@H]1C(=O)OC. The van der Waals surface area contributed by atoms with Crippen LogP contribution in [0.3, 0.4) is 0 Å². The summed E-state index contributed by atoms with van der Waals surface area (Å²) < 4.78 is 11.2. The van der Waals surface area contributed by atoms with Crippen molar-refractivity contribution in [2.75, 3.05) is 13.7 Å². The normalized spacial score (nSPS) is 33.5. The van der Waals surface area contributed by atoms with E-state index in [0.29, 0.717) is 13.0 Å². The van der Waals surface area contributed by atoms with E-state index in [1.165, 1.54) is 7.11 Å². The molecule has 0 amide bonds. The van der Waals surface area contributed by atoms with Gasteiger partial charge in [0.05, 0.1) is 13.2 Å². The van der Waals surface area contributed by atoms with Crippen LogP contribution in [0.1, 0.15) is 6.42 Å². The number of rotatable bonds is 2. The molecule has 4 nitrogen and oxygen atoms in total. The van der Waals surface area contributed by atoms with Gasteiger partial charge in [-0.05, 0) is 13.0 Å². The summed E-state index contributed by atoms with van der Waals surface area (Å²) in [5, 5.41) is 7.22. The zero-order valence-electron chi connectivity index (χ0n) is 6.79. The van der Waals surface area contributed by atoms with Gasteiger partial charge in [-0.1, -0.05) is 0 Å². The number of nitrogens with one attached hydrogen (secondary N) is 1. The van der Waals surface area contributed by atoms with Gasteiger partial charge in [0.15, 0.2) is 0 Å². The molecule has 0 aromatic heterocycles. The number of hydrogen-bond donors (Lipinski definition) is 2. The molecule has 1 saturated heterocycles. The molecule has 1 aliphatic rings. The van der Waals surface area contributed by atoms with Crippen molar-refractivity contribution in [3.63, 3.8) is 0 Å². The van der Waals surface area contributed by atoms with Gasteiger partial charge >= 0.3 is 5.97 Å². The third kappa shape index (κ3) is 1.27. The molecule has 0 spiro atoms. The summed E-state index contributed by atoms with van der Waals surface area (Å²) in [6.07, 6.45) is 0.325. The van der Waals surface area contributed by atoms with Crippen LogP contribution in [-0.4, -0.2) is 38.3 Å². The van der Waals surface area contributed by atoms with E-state index >= 15 is 0 Å². The number of aliphatic hydroxyl groups excluding tert-OH is 1. The Balaban J connectivity index is 2.49. The van der Waals surface area contributed by atoms with Gasteiger partial charge in [-0.2, -0.15) is 0 Å². The Morgan fingerprint density at radius 2 is 2.80 bits per heavy atom. The minimum Gasteiger partial charge on any atom is -0.468 e. The summed E-state index contributed by atoms with van der Waals surface area (Å²) in [6, 6.07) is -0.461. The van der Waals surface area contributed by atoms with Crippen molar-refractivity contribution >= 4 is 5.97 Å². The average Bonchev–Trinajstić information content (AvgIpc) is 2.50. The number of hydrogen-bond acceptors (Lipinski definition) is 4. The van der Waals surface area contributed by atoms with Crippen molar-refractivity contribution in [2.45, 2.75) is 18.6 Å². The fourth-order valence-electron chi connectivity index (χ4n) is 1.04. The maximum Gasteiger partial charge on any atom is 0.325 e. The first-order valence-corrected chi connectivity index (χ1v) is 3.22. The number of ether oxygens (including phenoxy) is 1. The summed E-state index contributed by atoms with van der Waals surface area (Å²) in [5.74, 6) is -0.361. The van der Waals surface area contributed by atoms with Gasteiger partial charge in [-0.25, -0.2) is 0 Å². The maximum absolute atomic E-state index is 10.9. The van der Waals surface area contributed by atoms with Crippen LogP contribution in [0.25, 0.3) is 0 Å².